The predicted molar refractivity (Wildman–Crippen MR) is 219 cm³/mol. The van der Waals surface area contributed by atoms with Crippen molar-refractivity contribution in [3.8, 4) is 16.8 Å². The second kappa shape index (κ2) is 11.7. The summed E-state index contributed by atoms with van der Waals surface area (Å²) in [6.07, 6.45) is 7.96. The fourth-order valence-corrected chi connectivity index (χ4v) is 10.0. The van der Waals surface area contributed by atoms with Gasteiger partial charge in [-0.25, -0.2) is 4.99 Å². The van der Waals surface area contributed by atoms with Gasteiger partial charge < -0.3 is 9.88 Å². The molecule has 0 saturated heterocycles. The fourth-order valence-electron chi connectivity index (χ4n) is 8.54. The Balaban J connectivity index is 1.02. The van der Waals surface area contributed by atoms with Crippen LogP contribution >= 0.6 is 11.8 Å². The Morgan fingerprint density at radius 3 is 2.17 bits per heavy atom. The number of nitrogens with zero attached hydrogens (tertiary/aromatic N) is 2. The first-order valence-electron chi connectivity index (χ1n) is 18.0. The van der Waals surface area contributed by atoms with Crippen molar-refractivity contribution < 1.29 is 0 Å². The SMILES string of the molecule is C1=CCC2Sc3c(c4ccccc4c4c3c3ccccc3n4-c3ccc(C4=Nc5ccccc5C(c5ccc(-c6ccccc6)cc5)N4)cc3)C2=C1. The van der Waals surface area contributed by atoms with Crippen LogP contribution in [0.1, 0.15) is 34.7 Å². The quantitative estimate of drug-likeness (QED) is 0.200. The van der Waals surface area contributed by atoms with E-state index in [1.807, 2.05) is 11.8 Å². The molecule has 0 radical (unpaired) electrons. The summed E-state index contributed by atoms with van der Waals surface area (Å²) in [6, 6.07) is 54.9. The van der Waals surface area contributed by atoms with Crippen LogP contribution in [-0.2, 0) is 0 Å². The van der Waals surface area contributed by atoms with Crippen molar-refractivity contribution in [1.82, 2.24) is 9.88 Å². The fraction of sp³-hybridized carbons (Fsp3) is 0.0625. The van der Waals surface area contributed by atoms with E-state index < -0.39 is 0 Å². The van der Waals surface area contributed by atoms with E-state index in [0.717, 1.165) is 29.2 Å². The van der Waals surface area contributed by atoms with Crippen LogP contribution in [0.15, 0.2) is 180 Å². The largest absolute Gasteiger partial charge is 0.359 e. The van der Waals surface area contributed by atoms with E-state index in [9.17, 15) is 0 Å². The highest BCUT2D eigenvalue weighted by molar-refractivity contribution is 8.01. The molecule has 0 spiro atoms. The molecule has 2 aliphatic heterocycles. The maximum absolute atomic E-state index is 5.15. The van der Waals surface area contributed by atoms with Gasteiger partial charge in [-0.1, -0.05) is 133 Å². The summed E-state index contributed by atoms with van der Waals surface area (Å²) in [4.78, 5) is 6.57. The molecule has 3 aliphatic rings. The van der Waals surface area contributed by atoms with Gasteiger partial charge >= 0.3 is 0 Å². The van der Waals surface area contributed by atoms with E-state index in [1.54, 1.807) is 0 Å². The zero-order valence-corrected chi connectivity index (χ0v) is 29.1. The number of fused-ring (bicyclic) bond motifs is 11. The highest BCUT2D eigenvalue weighted by Gasteiger charge is 2.34. The minimum atomic E-state index is -0.00879. The number of aliphatic imine (C=N–C) groups is 1. The van der Waals surface area contributed by atoms with Crippen molar-refractivity contribution in [1.29, 1.82) is 0 Å². The molecule has 0 saturated carbocycles. The number of aromatic nitrogens is 1. The van der Waals surface area contributed by atoms with Gasteiger partial charge in [0.25, 0.3) is 0 Å². The predicted octanol–water partition coefficient (Wildman–Crippen LogP) is 12.2. The molecule has 1 aromatic heterocycles. The number of hydrogen-bond donors (Lipinski definition) is 1. The van der Waals surface area contributed by atoms with Crippen molar-refractivity contribution >= 4 is 61.4 Å². The molecular weight excluding hydrogens is 651 g/mol. The van der Waals surface area contributed by atoms with Crippen molar-refractivity contribution in [3.63, 3.8) is 0 Å². The second-order valence-electron chi connectivity index (χ2n) is 13.8. The molecule has 4 heteroatoms. The number of amidine groups is 1. The molecule has 246 valence electrons. The van der Waals surface area contributed by atoms with E-state index in [2.05, 4.69) is 180 Å². The van der Waals surface area contributed by atoms with E-state index in [1.165, 1.54) is 70.9 Å². The zero-order chi connectivity index (χ0) is 34.2. The summed E-state index contributed by atoms with van der Waals surface area (Å²) < 4.78 is 2.48. The van der Waals surface area contributed by atoms with Gasteiger partial charge in [-0.3, -0.25) is 0 Å². The van der Waals surface area contributed by atoms with Crippen molar-refractivity contribution in [2.75, 3.05) is 0 Å². The first kappa shape index (κ1) is 29.6. The van der Waals surface area contributed by atoms with E-state index >= 15 is 0 Å². The number of para-hydroxylation sites is 2. The normalized spacial score (nSPS) is 17.4. The summed E-state index contributed by atoms with van der Waals surface area (Å²) in [5.74, 6) is 0.883. The lowest BCUT2D eigenvalue weighted by Crippen LogP contribution is -2.32. The van der Waals surface area contributed by atoms with Gasteiger partial charge in [0.1, 0.15) is 5.84 Å². The third-order valence-corrected chi connectivity index (χ3v) is 12.3. The van der Waals surface area contributed by atoms with Crippen LogP contribution in [0, 0.1) is 0 Å². The van der Waals surface area contributed by atoms with Crippen LogP contribution in [0.2, 0.25) is 0 Å². The molecule has 7 aromatic carbocycles. The number of nitrogens with one attached hydrogen (secondary N) is 1. The van der Waals surface area contributed by atoms with E-state index in [0.29, 0.717) is 5.25 Å². The molecule has 3 heterocycles. The standard InChI is InChI=1S/C48H33N3S/c1-2-12-30(13-3-1)31-22-24-32(25-23-31)45-37-16-6-9-19-40(37)49-48(50-45)33-26-28-34(29-27-33)51-41-20-10-7-17-38(41)44-46(51)36-15-5-4-14-35(36)43-39-18-8-11-21-42(39)52-47(43)44/h1-20,22-29,42,45H,21H2,(H,49,50). The average Bonchev–Trinajstić information content (AvgIpc) is 3.78. The van der Waals surface area contributed by atoms with Gasteiger partial charge in [0, 0.05) is 48.7 Å². The Morgan fingerprint density at radius 1 is 0.635 bits per heavy atom. The van der Waals surface area contributed by atoms with Gasteiger partial charge in [-0.05, 0) is 70.5 Å². The van der Waals surface area contributed by atoms with Gasteiger partial charge in [0.2, 0.25) is 0 Å². The van der Waals surface area contributed by atoms with Crippen LogP contribution in [0.5, 0.6) is 0 Å². The molecule has 2 atom stereocenters. The van der Waals surface area contributed by atoms with Crippen molar-refractivity contribution in [2.24, 2.45) is 4.99 Å². The van der Waals surface area contributed by atoms with Crippen molar-refractivity contribution in [2.45, 2.75) is 22.6 Å². The molecule has 0 amide bonds. The third-order valence-electron chi connectivity index (χ3n) is 10.9. The van der Waals surface area contributed by atoms with E-state index in [4.69, 9.17) is 4.99 Å². The Kier molecular flexibility index (Phi) is 6.68. The van der Waals surface area contributed by atoms with Gasteiger partial charge in [-0.15, -0.1) is 11.8 Å². The maximum Gasteiger partial charge on any atom is 0.134 e. The van der Waals surface area contributed by atoms with Crippen LogP contribution in [0.25, 0.3) is 55.0 Å². The highest BCUT2D eigenvalue weighted by atomic mass is 32.2. The van der Waals surface area contributed by atoms with Gasteiger partial charge in [-0.2, -0.15) is 0 Å². The van der Waals surface area contributed by atoms with Crippen molar-refractivity contribution in [3.05, 3.63) is 192 Å². The Labute approximate surface area is 306 Å². The first-order chi connectivity index (χ1) is 25.8. The average molecular weight is 684 g/mol. The number of allylic oxidation sites excluding steroid dienone is 3. The van der Waals surface area contributed by atoms with E-state index in [-0.39, 0.29) is 6.04 Å². The lowest BCUT2D eigenvalue weighted by Gasteiger charge is -2.28. The highest BCUT2D eigenvalue weighted by Crippen LogP contribution is 2.55. The molecule has 1 aliphatic carbocycles. The summed E-state index contributed by atoms with van der Waals surface area (Å²) >= 11 is 2.04. The Morgan fingerprint density at radius 2 is 1.33 bits per heavy atom. The monoisotopic (exact) mass is 683 g/mol. The van der Waals surface area contributed by atoms with Crippen LogP contribution in [-0.4, -0.2) is 15.7 Å². The Bertz CT molecular complexity index is 2810. The summed E-state index contributed by atoms with van der Waals surface area (Å²) in [6.45, 7) is 0. The number of benzene rings is 7. The van der Waals surface area contributed by atoms with Gasteiger partial charge in [0.15, 0.2) is 0 Å². The molecule has 3 nitrogen and oxygen atoms in total. The summed E-state index contributed by atoms with van der Waals surface area (Å²) in [5.41, 5.74) is 13.4. The minimum absolute atomic E-state index is 0.00879. The number of hydrogen-bond acceptors (Lipinski definition) is 3. The first-order valence-corrected chi connectivity index (χ1v) is 18.9. The maximum atomic E-state index is 5.15. The summed E-state index contributed by atoms with van der Waals surface area (Å²) in [7, 11) is 0. The lowest BCUT2D eigenvalue weighted by molar-refractivity contribution is 0.749. The number of rotatable bonds is 4. The molecule has 8 aromatic rings. The molecule has 2 unspecified atom stereocenters. The molecular formula is C48H33N3S. The van der Waals surface area contributed by atoms with Crippen LogP contribution in [0.3, 0.4) is 0 Å². The molecule has 11 rings (SSSR count). The van der Waals surface area contributed by atoms with Crippen LogP contribution < -0.4 is 5.32 Å². The van der Waals surface area contributed by atoms with Gasteiger partial charge in [0.05, 0.1) is 22.8 Å². The molecule has 52 heavy (non-hydrogen) atoms. The zero-order valence-electron chi connectivity index (χ0n) is 28.3. The topological polar surface area (TPSA) is 29.3 Å². The Hall–Kier alpha value is -6.10. The second-order valence-corrected chi connectivity index (χ2v) is 15.1. The smallest absolute Gasteiger partial charge is 0.134 e. The third kappa shape index (κ3) is 4.51. The molecule has 0 fully saturated rings. The lowest BCUT2D eigenvalue weighted by atomic mass is 9.91. The molecule has 0 bridgehead atoms. The summed E-state index contributed by atoms with van der Waals surface area (Å²) in [5, 5.41) is 9.59. The minimum Gasteiger partial charge on any atom is -0.359 e. The van der Waals surface area contributed by atoms with Crippen LogP contribution in [0.4, 0.5) is 5.69 Å². The molecule has 1 N–H and O–H groups in total. The number of thioether (sulfide) groups is 1.